The summed E-state index contributed by atoms with van der Waals surface area (Å²) in [4.78, 5) is 0. The van der Waals surface area contributed by atoms with Crippen LogP contribution in [0, 0.1) is 5.92 Å². The monoisotopic (exact) mass is 165 g/mol. The molecule has 0 spiro atoms. The molecule has 0 radical (unpaired) electrons. The number of hydrogen-bond donors (Lipinski definition) is 2. The fraction of sp³-hybridized carbons (Fsp3) is 0.400. The number of rotatable bonds is 0. The van der Waals surface area contributed by atoms with Gasteiger partial charge in [0.05, 0.1) is 0 Å². The number of nitrogens with two attached hydrogens (primary N) is 1. The van der Waals surface area contributed by atoms with Gasteiger partial charge in [-0.15, -0.1) is 0 Å². The molecule has 2 atom stereocenters. The molecule has 2 nitrogen and oxygen atoms in total. The molecular formula is C10H15NO. The third kappa shape index (κ3) is 2.55. The van der Waals surface area contributed by atoms with Crippen LogP contribution < -0.4 is 5.73 Å². The van der Waals surface area contributed by atoms with Gasteiger partial charge in [0, 0.05) is 5.70 Å². The molecule has 66 valence electrons. The molecule has 0 amide bonds. The normalized spacial score (nSPS) is 42.6. The van der Waals surface area contributed by atoms with Gasteiger partial charge in [-0.2, -0.15) is 0 Å². The van der Waals surface area contributed by atoms with Crippen molar-refractivity contribution in [2.75, 3.05) is 0 Å². The average molecular weight is 165 g/mol. The summed E-state index contributed by atoms with van der Waals surface area (Å²) in [5.74, 6) is 0.323. The van der Waals surface area contributed by atoms with Crippen LogP contribution in [0.4, 0.5) is 0 Å². The molecule has 0 aliphatic heterocycles. The highest BCUT2D eigenvalue weighted by Gasteiger charge is 2.13. The van der Waals surface area contributed by atoms with Crippen molar-refractivity contribution in [3.63, 3.8) is 0 Å². The van der Waals surface area contributed by atoms with Gasteiger partial charge in [0.2, 0.25) is 0 Å². The first-order valence-corrected chi connectivity index (χ1v) is 4.08. The Hall–Kier alpha value is -1.02. The van der Waals surface area contributed by atoms with Gasteiger partial charge in [-0.25, -0.2) is 0 Å². The molecule has 0 bridgehead atoms. The molecule has 1 rings (SSSR count). The van der Waals surface area contributed by atoms with Crippen molar-refractivity contribution >= 4 is 0 Å². The largest absolute Gasteiger partial charge is 0.399 e. The van der Waals surface area contributed by atoms with Crippen LogP contribution in [-0.4, -0.2) is 10.7 Å². The lowest BCUT2D eigenvalue weighted by molar-refractivity contribution is 0.162. The molecule has 2 heteroatoms. The first kappa shape index (κ1) is 9.07. The van der Waals surface area contributed by atoms with Crippen molar-refractivity contribution in [3.05, 3.63) is 36.1 Å². The number of hydrogen-bond acceptors (Lipinski definition) is 2. The van der Waals surface area contributed by atoms with Crippen LogP contribution >= 0.6 is 0 Å². The highest BCUT2D eigenvalue weighted by molar-refractivity contribution is 5.27. The zero-order valence-corrected chi connectivity index (χ0v) is 7.49. The Morgan fingerprint density at radius 2 is 2.17 bits per heavy atom. The van der Waals surface area contributed by atoms with Crippen LogP contribution in [0.2, 0.25) is 0 Å². The average Bonchev–Trinajstić information content (AvgIpc) is 1.95. The minimum atomic E-state index is -0.914. The maximum Gasteiger partial charge on any atom is 0.100 e. The Bertz CT molecular complexity index is 249. The topological polar surface area (TPSA) is 46.2 Å². The predicted molar refractivity (Wildman–Crippen MR) is 50.3 cm³/mol. The second kappa shape index (κ2) is 3.15. The van der Waals surface area contributed by atoms with E-state index in [0.717, 1.165) is 0 Å². The van der Waals surface area contributed by atoms with Crippen molar-refractivity contribution < 1.29 is 5.11 Å². The van der Waals surface area contributed by atoms with Crippen LogP contribution in [0.3, 0.4) is 0 Å². The van der Waals surface area contributed by atoms with Gasteiger partial charge in [0.1, 0.15) is 5.60 Å². The fourth-order valence-corrected chi connectivity index (χ4v) is 1.11. The first-order chi connectivity index (χ1) is 5.49. The summed E-state index contributed by atoms with van der Waals surface area (Å²) in [6.07, 6.45) is 9.17. The molecule has 0 fully saturated rings. The van der Waals surface area contributed by atoms with Crippen LogP contribution in [0.5, 0.6) is 0 Å². The summed E-state index contributed by atoms with van der Waals surface area (Å²) in [5.41, 5.74) is 5.32. The molecule has 0 heterocycles. The third-order valence-electron chi connectivity index (χ3n) is 1.79. The maximum absolute atomic E-state index is 9.69. The lowest BCUT2D eigenvalue weighted by Gasteiger charge is -2.16. The predicted octanol–water partition coefficient (Wildman–Crippen LogP) is 1.34. The molecule has 1 aliphatic carbocycles. The minimum Gasteiger partial charge on any atom is -0.399 e. The van der Waals surface area contributed by atoms with Crippen LogP contribution in [0.25, 0.3) is 0 Å². The second-order valence-corrected chi connectivity index (χ2v) is 3.45. The van der Waals surface area contributed by atoms with Crippen LogP contribution in [0.15, 0.2) is 36.1 Å². The quantitative estimate of drug-likeness (QED) is 0.532. The molecule has 12 heavy (non-hydrogen) atoms. The Kier molecular flexibility index (Phi) is 2.38. The van der Waals surface area contributed by atoms with E-state index in [9.17, 15) is 5.11 Å². The van der Waals surface area contributed by atoms with Crippen molar-refractivity contribution in [2.24, 2.45) is 11.7 Å². The molecular weight excluding hydrogens is 150 g/mol. The van der Waals surface area contributed by atoms with Gasteiger partial charge in [0.15, 0.2) is 0 Å². The maximum atomic E-state index is 9.69. The molecule has 0 aromatic rings. The van der Waals surface area contributed by atoms with E-state index in [1.807, 2.05) is 25.2 Å². The van der Waals surface area contributed by atoms with E-state index in [2.05, 4.69) is 0 Å². The fourth-order valence-electron chi connectivity index (χ4n) is 1.11. The molecule has 0 saturated carbocycles. The SMILES string of the molecule is CC1C=CC(C)(O)/C=C(N)\C=C/1. The van der Waals surface area contributed by atoms with E-state index >= 15 is 0 Å². The Morgan fingerprint density at radius 1 is 1.50 bits per heavy atom. The van der Waals surface area contributed by atoms with Crippen LogP contribution in [-0.2, 0) is 0 Å². The van der Waals surface area contributed by atoms with E-state index < -0.39 is 5.60 Å². The lowest BCUT2D eigenvalue weighted by atomic mass is 9.98. The van der Waals surface area contributed by atoms with Gasteiger partial charge in [0.25, 0.3) is 0 Å². The molecule has 2 unspecified atom stereocenters. The van der Waals surface area contributed by atoms with Gasteiger partial charge in [-0.05, 0) is 25.0 Å². The van der Waals surface area contributed by atoms with Crippen molar-refractivity contribution in [3.8, 4) is 0 Å². The summed E-state index contributed by atoms with van der Waals surface area (Å²) in [6, 6.07) is 0. The summed E-state index contributed by atoms with van der Waals surface area (Å²) in [7, 11) is 0. The third-order valence-corrected chi connectivity index (χ3v) is 1.79. The number of aliphatic hydroxyl groups is 1. The lowest BCUT2D eigenvalue weighted by Crippen LogP contribution is -2.20. The first-order valence-electron chi connectivity index (χ1n) is 4.08. The zero-order chi connectivity index (χ0) is 9.19. The van der Waals surface area contributed by atoms with E-state index in [1.165, 1.54) is 0 Å². The van der Waals surface area contributed by atoms with Crippen molar-refractivity contribution in [1.29, 1.82) is 0 Å². The minimum absolute atomic E-state index is 0.323. The molecule has 1 aliphatic rings. The van der Waals surface area contributed by atoms with E-state index in [1.54, 1.807) is 19.1 Å². The van der Waals surface area contributed by atoms with Crippen molar-refractivity contribution in [1.82, 2.24) is 0 Å². The molecule has 0 aromatic heterocycles. The molecule has 3 N–H and O–H groups in total. The Balaban J connectivity index is 2.98. The van der Waals surface area contributed by atoms with E-state index in [4.69, 9.17) is 5.73 Å². The van der Waals surface area contributed by atoms with Crippen molar-refractivity contribution in [2.45, 2.75) is 19.4 Å². The summed E-state index contributed by atoms with van der Waals surface area (Å²) in [6.45, 7) is 3.75. The number of allylic oxidation sites excluding steroid dienone is 3. The Labute approximate surface area is 73.1 Å². The van der Waals surface area contributed by atoms with Gasteiger partial charge < -0.3 is 10.8 Å². The highest BCUT2D eigenvalue weighted by Crippen LogP contribution is 2.15. The molecule has 0 saturated heterocycles. The zero-order valence-electron chi connectivity index (χ0n) is 7.49. The van der Waals surface area contributed by atoms with E-state index in [-0.39, 0.29) is 0 Å². The highest BCUT2D eigenvalue weighted by atomic mass is 16.3. The van der Waals surface area contributed by atoms with E-state index in [0.29, 0.717) is 11.6 Å². The van der Waals surface area contributed by atoms with Gasteiger partial charge >= 0.3 is 0 Å². The standard InChI is InChI=1S/C10H15NO/c1-8-3-4-9(11)7-10(2,12)6-5-8/h3-8,12H,11H2,1-2H3/b4-3-,6-5?,9-7+. The Morgan fingerprint density at radius 3 is 2.83 bits per heavy atom. The van der Waals surface area contributed by atoms with Crippen LogP contribution in [0.1, 0.15) is 13.8 Å². The second-order valence-electron chi connectivity index (χ2n) is 3.45. The van der Waals surface area contributed by atoms with Gasteiger partial charge in [-0.1, -0.05) is 25.2 Å². The van der Waals surface area contributed by atoms with Gasteiger partial charge in [-0.3, -0.25) is 0 Å². The molecule has 0 aromatic carbocycles. The summed E-state index contributed by atoms with van der Waals surface area (Å²) < 4.78 is 0. The smallest absolute Gasteiger partial charge is 0.100 e. The summed E-state index contributed by atoms with van der Waals surface area (Å²) in [5, 5.41) is 9.69. The summed E-state index contributed by atoms with van der Waals surface area (Å²) >= 11 is 0.